The molecule has 2 unspecified atom stereocenters. The first-order valence-electron chi connectivity index (χ1n) is 12.5. The quantitative estimate of drug-likeness (QED) is 0.290. The maximum atomic E-state index is 13.8. The Balaban J connectivity index is 2.26. The molecular formula is C25H35N7O5S. The topological polar surface area (TPSA) is 166 Å². The van der Waals surface area contributed by atoms with Gasteiger partial charge in [-0.2, -0.15) is 4.98 Å². The number of fused-ring (bicyclic) bond motifs is 1. The van der Waals surface area contributed by atoms with Crippen LogP contribution in [0.5, 0.6) is 0 Å². The van der Waals surface area contributed by atoms with E-state index in [-0.39, 0.29) is 47.0 Å². The number of nitrogens with zero attached hydrogens (tertiary/aromatic N) is 5. The molecule has 2 atom stereocenters. The fourth-order valence-electron chi connectivity index (χ4n) is 4.15. The Kier molecular flexibility index (Phi) is 8.92. The molecule has 0 saturated carbocycles. The van der Waals surface area contributed by atoms with Crippen LogP contribution in [0.2, 0.25) is 0 Å². The maximum Gasteiger partial charge on any atom is 0.339 e. The molecule has 3 rings (SSSR count). The third-order valence-electron chi connectivity index (χ3n) is 5.96. The van der Waals surface area contributed by atoms with E-state index in [4.69, 9.17) is 15.3 Å². The van der Waals surface area contributed by atoms with Crippen LogP contribution >= 0.6 is 0 Å². The molecule has 206 valence electrons. The number of benzene rings is 1. The van der Waals surface area contributed by atoms with Gasteiger partial charge in [0.15, 0.2) is 11.5 Å². The summed E-state index contributed by atoms with van der Waals surface area (Å²) in [6.45, 7) is 7.45. The van der Waals surface area contributed by atoms with Gasteiger partial charge in [0.1, 0.15) is 21.3 Å². The minimum atomic E-state index is -3.38. The molecule has 0 bridgehead atoms. The number of hydrogen-bond donors (Lipinski definition) is 2. The second-order valence-electron chi connectivity index (χ2n) is 9.42. The molecule has 2 heterocycles. The number of amides is 1. The normalized spacial score (nSPS) is 13.8. The molecule has 12 nitrogen and oxygen atoms in total. The van der Waals surface area contributed by atoms with Crippen LogP contribution in [0.1, 0.15) is 46.1 Å². The van der Waals surface area contributed by atoms with Crippen LogP contribution in [0.3, 0.4) is 0 Å². The fraction of sp³-hybridized carbons (Fsp3) is 0.480. The number of hydrogen-bond acceptors (Lipinski definition) is 9. The average Bonchev–Trinajstić information content (AvgIpc) is 3.14. The number of esters is 1. The van der Waals surface area contributed by atoms with E-state index in [1.165, 1.54) is 11.6 Å². The second kappa shape index (κ2) is 11.8. The van der Waals surface area contributed by atoms with Gasteiger partial charge in [-0.1, -0.05) is 51.1 Å². The van der Waals surface area contributed by atoms with Crippen molar-refractivity contribution in [2.75, 3.05) is 25.1 Å². The van der Waals surface area contributed by atoms with Crippen molar-refractivity contribution in [1.82, 2.24) is 24.0 Å². The second-order valence-corrected chi connectivity index (χ2v) is 11.5. The first kappa shape index (κ1) is 28.8. The van der Waals surface area contributed by atoms with Gasteiger partial charge in [0, 0.05) is 12.8 Å². The molecule has 38 heavy (non-hydrogen) atoms. The Bertz CT molecular complexity index is 1480. The number of imidazole rings is 1. The summed E-state index contributed by atoms with van der Waals surface area (Å²) >= 11 is 0. The monoisotopic (exact) mass is 545 g/mol. The molecule has 0 radical (unpaired) electrons. The Morgan fingerprint density at radius 3 is 2.42 bits per heavy atom. The van der Waals surface area contributed by atoms with Gasteiger partial charge in [0.2, 0.25) is 5.16 Å². The Morgan fingerprint density at radius 1 is 1.18 bits per heavy atom. The summed E-state index contributed by atoms with van der Waals surface area (Å²) in [4.78, 5) is 49.8. The summed E-state index contributed by atoms with van der Waals surface area (Å²) < 4.78 is 28.5. The van der Waals surface area contributed by atoms with Crippen molar-refractivity contribution in [3.8, 4) is 0 Å². The lowest BCUT2D eigenvalue weighted by molar-refractivity contribution is -0.148. The largest absolute Gasteiger partial charge is 0.464 e. The van der Waals surface area contributed by atoms with Gasteiger partial charge in [-0.25, -0.2) is 32.9 Å². The Morgan fingerprint density at radius 2 is 1.84 bits per heavy atom. The van der Waals surface area contributed by atoms with E-state index in [2.05, 4.69) is 9.97 Å². The van der Waals surface area contributed by atoms with E-state index in [1.807, 2.05) is 19.9 Å². The maximum absolute atomic E-state index is 13.8. The predicted octanol–water partition coefficient (Wildman–Crippen LogP) is 2.92. The van der Waals surface area contributed by atoms with Gasteiger partial charge in [-0.15, -0.1) is 0 Å². The van der Waals surface area contributed by atoms with Crippen LogP contribution in [0.4, 0.5) is 10.6 Å². The number of carbonyl (C=O) groups excluding carboxylic acids is 2. The van der Waals surface area contributed by atoms with Crippen molar-refractivity contribution < 1.29 is 18.5 Å². The summed E-state index contributed by atoms with van der Waals surface area (Å²) in [7, 11) is -1.96. The van der Waals surface area contributed by atoms with Crippen LogP contribution in [-0.2, 0) is 25.8 Å². The molecule has 0 fully saturated rings. The lowest BCUT2D eigenvalue weighted by atomic mass is 10.0. The van der Waals surface area contributed by atoms with Crippen molar-refractivity contribution in [1.29, 1.82) is 4.78 Å². The predicted molar refractivity (Wildman–Crippen MR) is 144 cm³/mol. The molecule has 3 aromatic rings. The number of anilines is 1. The highest BCUT2D eigenvalue weighted by atomic mass is 32.2. The van der Waals surface area contributed by atoms with E-state index in [9.17, 15) is 18.6 Å². The Labute approximate surface area is 221 Å². The van der Waals surface area contributed by atoms with Crippen molar-refractivity contribution in [3.05, 3.63) is 46.4 Å². The average molecular weight is 546 g/mol. The van der Waals surface area contributed by atoms with Crippen LogP contribution in [0.25, 0.3) is 11.2 Å². The third-order valence-corrected chi connectivity index (χ3v) is 7.71. The summed E-state index contributed by atoms with van der Waals surface area (Å²) in [5.74, 6) is -0.781. The van der Waals surface area contributed by atoms with E-state index in [0.29, 0.717) is 12.8 Å². The molecule has 0 aliphatic carbocycles. The zero-order chi connectivity index (χ0) is 28.2. The van der Waals surface area contributed by atoms with Gasteiger partial charge in [-0.05, 0) is 31.2 Å². The van der Waals surface area contributed by atoms with Crippen molar-refractivity contribution >= 4 is 38.7 Å². The molecule has 0 saturated heterocycles. The van der Waals surface area contributed by atoms with Gasteiger partial charge >= 0.3 is 17.7 Å². The fourth-order valence-corrected chi connectivity index (χ4v) is 5.39. The van der Waals surface area contributed by atoms with Gasteiger partial charge < -0.3 is 15.4 Å². The van der Waals surface area contributed by atoms with Crippen LogP contribution < -0.4 is 11.4 Å². The first-order chi connectivity index (χ1) is 17.9. The minimum Gasteiger partial charge on any atom is -0.464 e. The van der Waals surface area contributed by atoms with E-state index < -0.39 is 33.5 Å². The number of rotatable bonds is 10. The number of nitrogen functional groups attached to an aromatic ring is 1. The molecule has 1 amide bonds. The molecule has 13 heteroatoms. The van der Waals surface area contributed by atoms with E-state index >= 15 is 0 Å². The summed E-state index contributed by atoms with van der Waals surface area (Å²) in [6.07, 6.45) is 0.766. The molecule has 2 aromatic heterocycles. The SMILES string of the molecule is CCCS(=N)(=O)c1nc(N)c2c(n1)n(Cc1ccccc1)c(=O)n2C(=O)N(C)C(CC(C)C)C(=O)OCC. The molecular weight excluding hydrogens is 510 g/mol. The van der Waals surface area contributed by atoms with Crippen molar-refractivity contribution in [2.24, 2.45) is 5.92 Å². The highest BCUT2D eigenvalue weighted by Crippen LogP contribution is 2.23. The highest BCUT2D eigenvalue weighted by molar-refractivity contribution is 7.92. The number of ether oxygens (including phenoxy) is 1. The van der Waals surface area contributed by atoms with Gasteiger partial charge in [0.25, 0.3) is 0 Å². The van der Waals surface area contributed by atoms with E-state index in [1.54, 1.807) is 38.1 Å². The summed E-state index contributed by atoms with van der Waals surface area (Å²) in [5.41, 5.74) is 6.13. The molecule has 0 aliphatic heterocycles. The van der Waals surface area contributed by atoms with E-state index in [0.717, 1.165) is 15.0 Å². The van der Waals surface area contributed by atoms with Crippen molar-refractivity contribution in [2.45, 2.75) is 58.3 Å². The summed E-state index contributed by atoms with van der Waals surface area (Å²) in [6, 6.07) is 7.30. The smallest absolute Gasteiger partial charge is 0.339 e. The zero-order valence-electron chi connectivity index (χ0n) is 22.3. The lowest BCUT2D eigenvalue weighted by Gasteiger charge is -2.27. The minimum absolute atomic E-state index is 0.0136. The molecule has 3 N–H and O–H groups in total. The zero-order valence-corrected chi connectivity index (χ0v) is 23.2. The number of nitrogens with one attached hydrogen (secondary N) is 1. The number of nitrogens with two attached hydrogens (primary N) is 1. The molecule has 1 aromatic carbocycles. The van der Waals surface area contributed by atoms with Crippen LogP contribution in [0.15, 0.2) is 40.3 Å². The highest BCUT2D eigenvalue weighted by Gasteiger charge is 2.33. The van der Waals surface area contributed by atoms with Crippen LogP contribution in [0, 0.1) is 10.7 Å². The third kappa shape index (κ3) is 5.87. The Hall–Kier alpha value is -3.74. The number of likely N-dealkylation sites (N-methyl/N-ethyl adjacent to an activating group) is 1. The van der Waals surface area contributed by atoms with Crippen LogP contribution in [-0.4, -0.2) is 65.7 Å². The van der Waals surface area contributed by atoms with Gasteiger partial charge in [0.05, 0.1) is 13.2 Å². The standard InChI is InChI=1S/C25H35N7O5S/c1-6-13-38(27,36)23-28-20(26)19-21(29-23)31(15-17-11-9-8-10-12-17)25(35)32(19)24(34)30(5)18(14-16(3)4)22(33)37-7-2/h8-12,16,18,27H,6-7,13-15H2,1-5H3,(H2,26,28,29). The number of carbonyl (C=O) groups is 2. The molecule has 0 spiro atoms. The molecule has 0 aliphatic rings. The number of aromatic nitrogens is 4. The lowest BCUT2D eigenvalue weighted by Crippen LogP contribution is -2.48. The van der Waals surface area contributed by atoms with Gasteiger partial charge in [-0.3, -0.25) is 4.57 Å². The first-order valence-corrected chi connectivity index (χ1v) is 14.2. The van der Waals surface area contributed by atoms with Crippen molar-refractivity contribution in [3.63, 3.8) is 0 Å². The summed E-state index contributed by atoms with van der Waals surface area (Å²) in [5, 5.41) is -0.298.